The normalized spacial score (nSPS) is 15.4. The van der Waals surface area contributed by atoms with E-state index in [4.69, 9.17) is 26.8 Å². The first-order chi connectivity index (χ1) is 12.8. The van der Waals surface area contributed by atoms with Gasteiger partial charge in [-0.2, -0.15) is 0 Å². The average molecular weight is 502 g/mol. The topological polar surface area (TPSA) is 79.3 Å². The molecule has 1 aromatic rings. The molecule has 1 aromatic carbocycles. The van der Waals surface area contributed by atoms with Crippen LogP contribution in [-0.4, -0.2) is 58.7 Å². The highest BCUT2D eigenvalue weighted by atomic mass is 127. The zero-order chi connectivity index (χ0) is 20.1. The molecule has 0 unspecified atom stereocenters. The van der Waals surface area contributed by atoms with Crippen molar-refractivity contribution in [3.8, 4) is 11.5 Å². The van der Waals surface area contributed by atoms with Crippen LogP contribution in [0.3, 0.4) is 0 Å². The lowest BCUT2D eigenvalue weighted by molar-refractivity contribution is -0.139. The first kappa shape index (κ1) is 21.2. The van der Waals surface area contributed by atoms with Gasteiger partial charge in [0.05, 0.1) is 10.2 Å². The van der Waals surface area contributed by atoms with Crippen molar-refractivity contribution in [3.63, 3.8) is 0 Å². The van der Waals surface area contributed by atoms with Crippen LogP contribution < -0.4 is 9.47 Å². The molecule has 9 heteroatoms. The largest absolute Gasteiger partial charge is 0.490 e. The van der Waals surface area contributed by atoms with E-state index in [1.165, 1.54) is 4.90 Å². The molecule has 1 aliphatic heterocycles. The standard InChI is InChI=1S/C18H19IN2O5S/c1-4-6-21-17(24)13(20(3)18(21)27)8-11-7-12(19)16(26-10-15(22)23)14(9-11)25-5-2/h4,7-9H,1,5-6,10H2,2-3H3,(H,22,23)/b13-8+. The van der Waals surface area contributed by atoms with E-state index < -0.39 is 12.6 Å². The maximum absolute atomic E-state index is 12.6. The third kappa shape index (κ3) is 4.78. The summed E-state index contributed by atoms with van der Waals surface area (Å²) in [6.45, 7) is 5.72. The van der Waals surface area contributed by atoms with E-state index in [0.29, 0.717) is 44.6 Å². The van der Waals surface area contributed by atoms with Gasteiger partial charge < -0.3 is 19.5 Å². The molecule has 1 heterocycles. The molecule has 1 aliphatic rings. The fraction of sp³-hybridized carbons (Fsp3) is 0.278. The Kier molecular flexibility index (Phi) is 7.19. The van der Waals surface area contributed by atoms with Gasteiger partial charge in [0.1, 0.15) is 5.70 Å². The minimum Gasteiger partial charge on any atom is -0.490 e. The number of carbonyl (C=O) groups excluding carboxylic acids is 1. The second-order valence-corrected chi connectivity index (χ2v) is 7.05. The van der Waals surface area contributed by atoms with E-state index in [2.05, 4.69) is 6.58 Å². The van der Waals surface area contributed by atoms with Crippen molar-refractivity contribution in [2.75, 3.05) is 26.8 Å². The number of aliphatic carboxylic acids is 1. The van der Waals surface area contributed by atoms with Crippen molar-refractivity contribution in [1.82, 2.24) is 9.80 Å². The summed E-state index contributed by atoms with van der Waals surface area (Å²) in [5, 5.41) is 9.25. The number of carbonyl (C=O) groups is 2. The number of hydrogen-bond donors (Lipinski definition) is 1. The van der Waals surface area contributed by atoms with Gasteiger partial charge in [-0.1, -0.05) is 6.08 Å². The lowest BCUT2D eigenvalue weighted by Gasteiger charge is -2.15. The molecule has 1 amide bonds. The van der Waals surface area contributed by atoms with Gasteiger partial charge >= 0.3 is 5.97 Å². The molecule has 0 spiro atoms. The van der Waals surface area contributed by atoms with Crippen molar-refractivity contribution in [2.24, 2.45) is 0 Å². The zero-order valence-electron chi connectivity index (χ0n) is 14.9. The van der Waals surface area contributed by atoms with Gasteiger partial charge in [0.15, 0.2) is 23.2 Å². The minimum absolute atomic E-state index is 0.207. The highest BCUT2D eigenvalue weighted by Crippen LogP contribution is 2.35. The molecule has 0 atom stereocenters. The lowest BCUT2D eigenvalue weighted by atomic mass is 10.1. The number of benzene rings is 1. The Hall–Kier alpha value is -2.14. The van der Waals surface area contributed by atoms with Gasteiger partial charge in [0.2, 0.25) is 0 Å². The predicted octanol–water partition coefficient (Wildman–Crippen LogP) is 2.74. The van der Waals surface area contributed by atoms with Crippen LogP contribution in [0.5, 0.6) is 11.5 Å². The number of carboxylic acid groups (broad SMARTS) is 1. The molecule has 2 rings (SSSR count). The van der Waals surface area contributed by atoms with E-state index in [-0.39, 0.29) is 5.91 Å². The molecular weight excluding hydrogens is 483 g/mol. The van der Waals surface area contributed by atoms with Gasteiger partial charge in [0.25, 0.3) is 5.91 Å². The molecule has 144 valence electrons. The molecule has 0 aliphatic carbocycles. The average Bonchev–Trinajstić information content (AvgIpc) is 2.79. The number of nitrogens with zero attached hydrogens (tertiary/aromatic N) is 2. The van der Waals surface area contributed by atoms with Crippen LogP contribution in [0.2, 0.25) is 0 Å². The summed E-state index contributed by atoms with van der Waals surface area (Å²) in [4.78, 5) is 26.5. The number of rotatable bonds is 8. The molecule has 0 saturated carbocycles. The van der Waals surface area contributed by atoms with Crippen molar-refractivity contribution in [2.45, 2.75) is 6.92 Å². The summed E-state index contributed by atoms with van der Waals surface area (Å²) < 4.78 is 11.6. The molecule has 0 aromatic heterocycles. The second kappa shape index (κ2) is 9.18. The van der Waals surface area contributed by atoms with E-state index in [0.717, 1.165) is 0 Å². The van der Waals surface area contributed by atoms with Gasteiger partial charge in [-0.05, 0) is 65.5 Å². The Balaban J connectivity index is 2.42. The SMILES string of the molecule is C=CCN1C(=O)/C(=C\c2cc(I)c(OCC(=O)O)c(OCC)c2)N(C)C1=S. The van der Waals surface area contributed by atoms with Crippen molar-refractivity contribution >= 4 is 57.9 Å². The number of ether oxygens (including phenoxy) is 2. The number of amides is 1. The van der Waals surface area contributed by atoms with Crippen LogP contribution >= 0.6 is 34.8 Å². The molecule has 0 radical (unpaired) electrons. The Labute approximate surface area is 176 Å². The predicted molar refractivity (Wildman–Crippen MR) is 114 cm³/mol. The van der Waals surface area contributed by atoms with Gasteiger partial charge in [0, 0.05) is 13.6 Å². The molecule has 1 fully saturated rings. The Morgan fingerprint density at radius 3 is 2.70 bits per heavy atom. The van der Waals surface area contributed by atoms with Crippen LogP contribution in [0.25, 0.3) is 6.08 Å². The van der Waals surface area contributed by atoms with E-state index in [1.54, 1.807) is 36.2 Å². The lowest BCUT2D eigenvalue weighted by Crippen LogP contribution is -2.31. The van der Waals surface area contributed by atoms with Gasteiger partial charge in [-0.15, -0.1) is 6.58 Å². The van der Waals surface area contributed by atoms with Gasteiger partial charge in [-0.3, -0.25) is 9.69 Å². The van der Waals surface area contributed by atoms with Crippen LogP contribution in [0.4, 0.5) is 0 Å². The van der Waals surface area contributed by atoms with Crippen LogP contribution in [0, 0.1) is 3.57 Å². The second-order valence-electron chi connectivity index (χ2n) is 5.52. The smallest absolute Gasteiger partial charge is 0.341 e. The monoisotopic (exact) mass is 502 g/mol. The Morgan fingerprint density at radius 2 is 2.11 bits per heavy atom. The van der Waals surface area contributed by atoms with Crippen molar-refractivity contribution < 1.29 is 24.2 Å². The van der Waals surface area contributed by atoms with Crippen LogP contribution in [-0.2, 0) is 9.59 Å². The Bertz CT molecular complexity index is 824. The van der Waals surface area contributed by atoms with Crippen LogP contribution in [0.1, 0.15) is 12.5 Å². The quantitative estimate of drug-likeness (QED) is 0.254. The maximum Gasteiger partial charge on any atom is 0.341 e. The number of hydrogen-bond acceptors (Lipinski definition) is 5. The summed E-state index contributed by atoms with van der Waals surface area (Å²) in [7, 11) is 1.73. The van der Waals surface area contributed by atoms with Crippen molar-refractivity contribution in [1.29, 1.82) is 0 Å². The molecule has 1 saturated heterocycles. The number of carboxylic acids is 1. The molecule has 0 bridgehead atoms. The fourth-order valence-corrected chi connectivity index (χ4v) is 3.50. The number of thiocarbonyl (C=S) groups is 1. The van der Waals surface area contributed by atoms with E-state index in [1.807, 2.05) is 29.5 Å². The first-order valence-electron chi connectivity index (χ1n) is 8.03. The van der Waals surface area contributed by atoms with Crippen molar-refractivity contribution in [3.05, 3.63) is 39.6 Å². The molecule has 1 N–H and O–H groups in total. The number of likely N-dealkylation sites (N-methyl/N-ethyl adjacent to an activating group) is 1. The summed E-state index contributed by atoms with van der Waals surface area (Å²) in [5.74, 6) is -0.511. The summed E-state index contributed by atoms with van der Waals surface area (Å²) >= 11 is 7.35. The minimum atomic E-state index is -1.08. The van der Waals surface area contributed by atoms with Gasteiger partial charge in [-0.25, -0.2) is 4.79 Å². The Morgan fingerprint density at radius 1 is 1.41 bits per heavy atom. The fourth-order valence-electron chi connectivity index (χ4n) is 2.47. The molecular formula is C18H19IN2O5S. The first-order valence-corrected chi connectivity index (χ1v) is 9.51. The van der Waals surface area contributed by atoms with E-state index in [9.17, 15) is 9.59 Å². The third-order valence-corrected chi connectivity index (χ3v) is 4.93. The number of halogens is 1. The summed E-state index contributed by atoms with van der Waals surface area (Å²) in [6.07, 6.45) is 3.33. The molecule has 7 nitrogen and oxygen atoms in total. The molecule has 27 heavy (non-hydrogen) atoms. The summed E-state index contributed by atoms with van der Waals surface area (Å²) in [5.41, 5.74) is 1.14. The van der Waals surface area contributed by atoms with Crippen LogP contribution in [0.15, 0.2) is 30.5 Å². The zero-order valence-corrected chi connectivity index (χ0v) is 17.9. The highest BCUT2D eigenvalue weighted by Gasteiger charge is 2.34. The highest BCUT2D eigenvalue weighted by molar-refractivity contribution is 14.1. The maximum atomic E-state index is 12.6. The van der Waals surface area contributed by atoms with E-state index >= 15 is 0 Å². The summed E-state index contributed by atoms with van der Waals surface area (Å²) in [6, 6.07) is 3.49. The third-order valence-electron chi connectivity index (χ3n) is 3.63.